The van der Waals surface area contributed by atoms with Crippen LogP contribution in [-0.4, -0.2) is 19.2 Å². The Hall–Kier alpha value is -3.00. The van der Waals surface area contributed by atoms with Crippen molar-refractivity contribution in [2.75, 3.05) is 7.11 Å². The van der Waals surface area contributed by atoms with Crippen LogP contribution in [0.5, 0.6) is 11.5 Å². The van der Waals surface area contributed by atoms with E-state index in [1.54, 1.807) is 36.4 Å². The molecule has 0 aliphatic carbocycles. The monoisotopic (exact) mass is 546 g/mol. The molecule has 0 fully saturated rings. The molecule has 1 heterocycles. The van der Waals surface area contributed by atoms with Gasteiger partial charge in [-0.3, -0.25) is 4.79 Å². The maximum Gasteiger partial charge on any atom is 0.307 e. The topological polar surface area (TPSA) is 73.1 Å². The predicted molar refractivity (Wildman–Crippen MR) is 133 cm³/mol. The molecule has 33 heavy (non-hydrogen) atoms. The van der Waals surface area contributed by atoms with Gasteiger partial charge in [-0.1, -0.05) is 47.5 Å². The molecule has 0 saturated carbocycles. The maximum absolute atomic E-state index is 12.3. The Kier molecular flexibility index (Phi) is 7.23. The average Bonchev–Trinajstić information content (AvgIpc) is 3.25. The summed E-state index contributed by atoms with van der Waals surface area (Å²) in [7, 11) is 1.54. The largest absolute Gasteiger partial charge is 0.493 e. The first kappa shape index (κ1) is 23.2. The molecule has 1 aromatic heterocycles. The van der Waals surface area contributed by atoms with E-state index in [0.717, 1.165) is 10.9 Å². The van der Waals surface area contributed by atoms with E-state index in [-0.39, 0.29) is 12.4 Å². The summed E-state index contributed by atoms with van der Waals surface area (Å²) in [6, 6.07) is 17.9. The van der Waals surface area contributed by atoms with E-state index >= 15 is 0 Å². The van der Waals surface area contributed by atoms with Crippen molar-refractivity contribution in [3.8, 4) is 11.5 Å². The van der Waals surface area contributed by atoms with Gasteiger partial charge in [0.05, 0.1) is 27.8 Å². The van der Waals surface area contributed by atoms with Crippen molar-refractivity contribution in [1.29, 1.82) is 0 Å². The minimum absolute atomic E-state index is 0.179. The number of carbonyl (C=O) groups is 1. The number of para-hydroxylation sites is 1. The molecule has 0 spiro atoms. The summed E-state index contributed by atoms with van der Waals surface area (Å²) in [6.45, 7) is 0.271. The summed E-state index contributed by atoms with van der Waals surface area (Å²) in [6.07, 6.45) is 1.50. The third-order valence-corrected chi connectivity index (χ3v) is 5.98. The van der Waals surface area contributed by atoms with Crippen molar-refractivity contribution in [1.82, 2.24) is 5.43 Å². The Balaban J connectivity index is 1.44. The Labute approximate surface area is 208 Å². The standard InChI is InChI=1S/C24H17BrCl2N2O4/c1-31-21-10-15(8-17(25)23(21)32-13-14-6-7-18(26)19(27)9-14)12-28-29-24(30)22-11-16-4-2-3-5-20(16)33-22/h2-12H,13H2,1H3,(H,29,30)/b28-12+. The van der Waals surface area contributed by atoms with Gasteiger partial charge in [-0.05, 0) is 63.5 Å². The number of methoxy groups -OCH3 is 1. The molecule has 0 aliphatic heterocycles. The molecular weight excluding hydrogens is 531 g/mol. The predicted octanol–water partition coefficient (Wildman–Crippen LogP) is 6.85. The number of ether oxygens (including phenoxy) is 2. The second-order valence-electron chi connectivity index (χ2n) is 6.92. The zero-order valence-electron chi connectivity index (χ0n) is 17.3. The van der Waals surface area contributed by atoms with Crippen LogP contribution in [0.4, 0.5) is 0 Å². The SMILES string of the molecule is COc1cc(/C=N/NC(=O)c2cc3ccccc3o2)cc(Br)c1OCc1ccc(Cl)c(Cl)c1. The van der Waals surface area contributed by atoms with E-state index in [2.05, 4.69) is 26.5 Å². The number of carbonyl (C=O) groups excluding carboxylic acids is 1. The van der Waals surface area contributed by atoms with E-state index in [9.17, 15) is 4.79 Å². The molecule has 9 heteroatoms. The van der Waals surface area contributed by atoms with Crippen LogP contribution < -0.4 is 14.9 Å². The molecule has 0 unspecified atom stereocenters. The van der Waals surface area contributed by atoms with Crippen molar-refractivity contribution < 1.29 is 18.7 Å². The number of furan rings is 1. The van der Waals surface area contributed by atoms with Gasteiger partial charge >= 0.3 is 5.91 Å². The minimum atomic E-state index is -0.449. The van der Waals surface area contributed by atoms with Gasteiger partial charge in [0.1, 0.15) is 12.2 Å². The molecule has 0 bridgehead atoms. The molecule has 6 nitrogen and oxygen atoms in total. The molecule has 1 N–H and O–H groups in total. The van der Waals surface area contributed by atoms with Crippen LogP contribution in [0.2, 0.25) is 10.0 Å². The number of benzene rings is 3. The minimum Gasteiger partial charge on any atom is -0.493 e. The molecule has 168 valence electrons. The number of fused-ring (bicyclic) bond motifs is 1. The lowest BCUT2D eigenvalue weighted by atomic mass is 10.2. The summed E-state index contributed by atoms with van der Waals surface area (Å²) in [4.78, 5) is 12.3. The number of amides is 1. The van der Waals surface area contributed by atoms with E-state index in [1.807, 2.05) is 24.3 Å². The van der Waals surface area contributed by atoms with Crippen LogP contribution in [0, 0.1) is 0 Å². The average molecular weight is 548 g/mol. The lowest BCUT2D eigenvalue weighted by Crippen LogP contribution is -2.16. The van der Waals surface area contributed by atoms with Gasteiger partial charge in [-0.25, -0.2) is 5.43 Å². The number of hydrazone groups is 1. The Bertz CT molecular complexity index is 1320. The second kappa shape index (κ2) is 10.3. The summed E-state index contributed by atoms with van der Waals surface area (Å²) in [5, 5.41) is 5.80. The third kappa shape index (κ3) is 5.50. The molecule has 4 rings (SSSR count). The zero-order chi connectivity index (χ0) is 23.4. The molecule has 0 atom stereocenters. The Morgan fingerprint density at radius 1 is 1.12 bits per heavy atom. The first-order valence-corrected chi connectivity index (χ1v) is 11.3. The second-order valence-corrected chi connectivity index (χ2v) is 8.59. The molecule has 1 amide bonds. The fraction of sp³-hybridized carbons (Fsp3) is 0.0833. The highest BCUT2D eigenvalue weighted by Crippen LogP contribution is 2.37. The van der Waals surface area contributed by atoms with Gasteiger partial charge in [-0.15, -0.1) is 0 Å². The summed E-state index contributed by atoms with van der Waals surface area (Å²) in [5.74, 6) is 0.745. The van der Waals surface area contributed by atoms with Gasteiger partial charge in [0.2, 0.25) is 0 Å². The molecule has 0 saturated heterocycles. The van der Waals surface area contributed by atoms with Crippen molar-refractivity contribution in [3.63, 3.8) is 0 Å². The van der Waals surface area contributed by atoms with Crippen molar-refractivity contribution in [2.24, 2.45) is 5.10 Å². The third-order valence-electron chi connectivity index (χ3n) is 4.65. The van der Waals surface area contributed by atoms with Crippen molar-refractivity contribution in [3.05, 3.63) is 92.1 Å². The first-order chi connectivity index (χ1) is 15.9. The van der Waals surface area contributed by atoms with Crippen LogP contribution >= 0.6 is 39.1 Å². The summed E-state index contributed by atoms with van der Waals surface area (Å²) in [5.41, 5.74) is 4.64. The van der Waals surface area contributed by atoms with E-state index in [1.165, 1.54) is 13.3 Å². The molecular formula is C24H17BrCl2N2O4. The number of hydrogen-bond donors (Lipinski definition) is 1. The molecule has 4 aromatic rings. The fourth-order valence-corrected chi connectivity index (χ4v) is 3.95. The number of nitrogens with zero attached hydrogens (tertiary/aromatic N) is 1. The van der Waals surface area contributed by atoms with Gasteiger partial charge in [0.25, 0.3) is 0 Å². The highest BCUT2D eigenvalue weighted by molar-refractivity contribution is 9.10. The highest BCUT2D eigenvalue weighted by Gasteiger charge is 2.13. The van der Waals surface area contributed by atoms with Crippen LogP contribution in [0.3, 0.4) is 0 Å². The van der Waals surface area contributed by atoms with Gasteiger partial charge in [0.15, 0.2) is 17.3 Å². The van der Waals surface area contributed by atoms with E-state index in [4.69, 9.17) is 37.1 Å². The number of nitrogens with one attached hydrogen (secondary N) is 1. The maximum atomic E-state index is 12.3. The van der Waals surface area contributed by atoms with Gasteiger partial charge < -0.3 is 13.9 Å². The number of hydrogen-bond acceptors (Lipinski definition) is 5. The van der Waals surface area contributed by atoms with Crippen LogP contribution in [0.15, 0.2) is 74.7 Å². The lowest BCUT2D eigenvalue weighted by Gasteiger charge is -2.14. The zero-order valence-corrected chi connectivity index (χ0v) is 20.4. The molecule has 3 aromatic carbocycles. The normalized spacial score (nSPS) is 11.2. The van der Waals surface area contributed by atoms with E-state index in [0.29, 0.717) is 37.2 Å². The molecule has 0 aliphatic rings. The number of halogens is 3. The summed E-state index contributed by atoms with van der Waals surface area (Å²) >= 11 is 15.5. The lowest BCUT2D eigenvalue weighted by molar-refractivity contribution is 0.0929. The highest BCUT2D eigenvalue weighted by atomic mass is 79.9. The van der Waals surface area contributed by atoms with Crippen molar-refractivity contribution in [2.45, 2.75) is 6.61 Å². The smallest absolute Gasteiger partial charge is 0.307 e. The first-order valence-electron chi connectivity index (χ1n) is 9.71. The van der Waals surface area contributed by atoms with Gasteiger partial charge in [-0.2, -0.15) is 5.10 Å². The number of rotatable bonds is 7. The summed E-state index contributed by atoms with van der Waals surface area (Å²) < 4.78 is 17.6. The van der Waals surface area contributed by atoms with Crippen LogP contribution in [0.1, 0.15) is 21.7 Å². The Morgan fingerprint density at radius 3 is 2.70 bits per heavy atom. The van der Waals surface area contributed by atoms with E-state index < -0.39 is 5.91 Å². The Morgan fingerprint density at radius 2 is 1.94 bits per heavy atom. The molecule has 0 radical (unpaired) electrons. The van der Waals surface area contributed by atoms with Gasteiger partial charge in [0, 0.05) is 5.39 Å². The van der Waals surface area contributed by atoms with Crippen molar-refractivity contribution >= 4 is 62.2 Å². The quantitative estimate of drug-likeness (QED) is 0.203. The van der Waals surface area contributed by atoms with Crippen LogP contribution in [0.25, 0.3) is 11.0 Å². The fourth-order valence-electron chi connectivity index (χ4n) is 3.05. The van der Waals surface area contributed by atoms with Crippen LogP contribution in [-0.2, 0) is 6.61 Å².